The van der Waals surface area contributed by atoms with Crippen molar-refractivity contribution in [3.05, 3.63) is 46.0 Å². The fraction of sp³-hybridized carbons (Fsp3) is 0.429. The normalized spacial score (nSPS) is 12.7. The minimum absolute atomic E-state index is 0.301. The molecule has 0 aromatic heterocycles. The summed E-state index contributed by atoms with van der Waals surface area (Å²) in [5, 5.41) is 10.9. The van der Waals surface area contributed by atoms with E-state index in [4.69, 9.17) is 0 Å². The highest BCUT2D eigenvalue weighted by atomic mass is 32.2. The molecule has 1 N–H and O–H groups in total. The summed E-state index contributed by atoms with van der Waals surface area (Å²) in [5.74, 6) is 0. The predicted molar refractivity (Wildman–Crippen MR) is 81.5 cm³/mol. The topological polar surface area (TPSA) is 89.3 Å². The molecule has 6 nitrogen and oxygen atoms in total. The van der Waals surface area contributed by atoms with Crippen molar-refractivity contribution in [2.45, 2.75) is 44.6 Å². The van der Waals surface area contributed by atoms with Crippen LogP contribution in [0.4, 0.5) is 5.69 Å². The Morgan fingerprint density at radius 3 is 2.57 bits per heavy atom. The highest BCUT2D eigenvalue weighted by molar-refractivity contribution is 7.89. The molecule has 21 heavy (non-hydrogen) atoms. The zero-order valence-corrected chi connectivity index (χ0v) is 13.2. The molecule has 0 aliphatic carbocycles. The van der Waals surface area contributed by atoms with Gasteiger partial charge in [-0.15, -0.1) is 0 Å². The number of nitrogens with zero attached hydrogens (tertiary/aromatic N) is 1. The smallest absolute Gasteiger partial charge is 0.258 e. The van der Waals surface area contributed by atoms with E-state index in [0.717, 1.165) is 6.42 Å². The maximum atomic E-state index is 12.2. The highest BCUT2D eigenvalue weighted by Gasteiger charge is 2.26. The quantitative estimate of drug-likeness (QED) is 0.476. The van der Waals surface area contributed by atoms with E-state index in [0.29, 0.717) is 6.42 Å². The standard InChI is InChI=1S/C14H20N2O4S/c1-11(2)7-6-8-12(3)15-21(19,20)14-10-5-4-9-13(14)16(17)18/h4-5,7,9-10,12,15H,6,8H2,1-3H3. The van der Waals surface area contributed by atoms with Gasteiger partial charge < -0.3 is 0 Å². The van der Waals surface area contributed by atoms with E-state index in [1.165, 1.54) is 29.8 Å². The number of sulfonamides is 1. The molecule has 0 heterocycles. The van der Waals surface area contributed by atoms with Gasteiger partial charge in [-0.25, -0.2) is 13.1 Å². The Morgan fingerprint density at radius 1 is 1.38 bits per heavy atom. The number of nitrogens with one attached hydrogen (secondary N) is 1. The lowest BCUT2D eigenvalue weighted by Gasteiger charge is -2.13. The number of hydrogen-bond donors (Lipinski definition) is 1. The number of rotatable bonds is 7. The molecule has 0 saturated carbocycles. The van der Waals surface area contributed by atoms with Crippen LogP contribution < -0.4 is 4.72 Å². The van der Waals surface area contributed by atoms with Crippen molar-refractivity contribution in [2.24, 2.45) is 0 Å². The maximum absolute atomic E-state index is 12.2. The van der Waals surface area contributed by atoms with E-state index in [1.807, 2.05) is 19.9 Å². The van der Waals surface area contributed by atoms with Gasteiger partial charge in [-0.3, -0.25) is 10.1 Å². The number of nitro groups is 1. The summed E-state index contributed by atoms with van der Waals surface area (Å²) in [7, 11) is -3.90. The van der Waals surface area contributed by atoms with Crippen LogP contribution in [0.2, 0.25) is 0 Å². The van der Waals surface area contributed by atoms with Crippen LogP contribution in [0.25, 0.3) is 0 Å². The number of hydrogen-bond acceptors (Lipinski definition) is 4. The zero-order chi connectivity index (χ0) is 16.0. The van der Waals surface area contributed by atoms with Gasteiger partial charge >= 0.3 is 0 Å². The lowest BCUT2D eigenvalue weighted by molar-refractivity contribution is -0.387. The largest absolute Gasteiger partial charge is 0.289 e. The highest BCUT2D eigenvalue weighted by Crippen LogP contribution is 2.23. The first-order valence-corrected chi connectivity index (χ1v) is 8.11. The van der Waals surface area contributed by atoms with E-state index in [1.54, 1.807) is 6.92 Å². The van der Waals surface area contributed by atoms with Crippen LogP contribution in [-0.4, -0.2) is 19.4 Å². The third-order valence-corrected chi connectivity index (χ3v) is 4.50. The van der Waals surface area contributed by atoms with Crippen LogP contribution >= 0.6 is 0 Å². The van der Waals surface area contributed by atoms with Crippen LogP contribution in [0.5, 0.6) is 0 Å². The van der Waals surface area contributed by atoms with Crippen LogP contribution in [0.15, 0.2) is 40.8 Å². The first-order valence-electron chi connectivity index (χ1n) is 6.63. The minimum atomic E-state index is -3.90. The average molecular weight is 312 g/mol. The lowest BCUT2D eigenvalue weighted by Crippen LogP contribution is -2.32. The lowest BCUT2D eigenvalue weighted by atomic mass is 10.1. The van der Waals surface area contributed by atoms with E-state index < -0.39 is 20.6 Å². The molecule has 0 fully saturated rings. The van der Waals surface area contributed by atoms with Gasteiger partial charge in [0.15, 0.2) is 4.90 Å². The maximum Gasteiger partial charge on any atom is 0.289 e. The Balaban J connectivity index is 2.87. The van der Waals surface area contributed by atoms with Gasteiger partial charge in [-0.05, 0) is 39.7 Å². The van der Waals surface area contributed by atoms with Crippen LogP contribution in [0.1, 0.15) is 33.6 Å². The summed E-state index contributed by atoms with van der Waals surface area (Å²) < 4.78 is 26.9. The molecule has 1 rings (SSSR count). The third-order valence-electron chi connectivity index (χ3n) is 2.86. The zero-order valence-electron chi connectivity index (χ0n) is 12.4. The summed E-state index contributed by atoms with van der Waals surface area (Å²) in [6, 6.07) is 5.03. The van der Waals surface area contributed by atoms with Crippen molar-refractivity contribution in [1.29, 1.82) is 0 Å². The fourth-order valence-corrected chi connectivity index (χ4v) is 3.29. The molecule has 116 valence electrons. The molecular weight excluding hydrogens is 292 g/mol. The Labute approximate surface area is 125 Å². The monoisotopic (exact) mass is 312 g/mol. The fourth-order valence-electron chi connectivity index (χ4n) is 1.84. The second-order valence-electron chi connectivity index (χ2n) is 5.11. The molecule has 0 aliphatic heterocycles. The Bertz CT molecular complexity index is 634. The van der Waals surface area contributed by atoms with E-state index in [-0.39, 0.29) is 10.9 Å². The van der Waals surface area contributed by atoms with Crippen molar-refractivity contribution < 1.29 is 13.3 Å². The molecule has 1 unspecified atom stereocenters. The summed E-state index contributed by atoms with van der Waals surface area (Å²) in [5.41, 5.74) is 0.755. The van der Waals surface area contributed by atoms with Crippen molar-refractivity contribution in [3.63, 3.8) is 0 Å². The SMILES string of the molecule is CC(C)=CCCC(C)NS(=O)(=O)c1ccccc1[N+](=O)[O-]. The van der Waals surface area contributed by atoms with Crippen LogP contribution in [-0.2, 0) is 10.0 Å². The van der Waals surface area contributed by atoms with Gasteiger partial charge in [0.05, 0.1) is 4.92 Å². The summed E-state index contributed by atoms with van der Waals surface area (Å²) in [4.78, 5) is 9.91. The van der Waals surface area contributed by atoms with Crippen molar-refractivity contribution in [1.82, 2.24) is 4.72 Å². The second kappa shape index (κ2) is 7.33. The van der Waals surface area contributed by atoms with Crippen LogP contribution in [0, 0.1) is 10.1 Å². The van der Waals surface area contributed by atoms with Crippen molar-refractivity contribution >= 4 is 15.7 Å². The summed E-state index contributed by atoms with van der Waals surface area (Å²) >= 11 is 0. The number of nitro benzene ring substituents is 1. The molecule has 1 aromatic rings. The van der Waals surface area contributed by atoms with E-state index >= 15 is 0 Å². The molecule has 0 bridgehead atoms. The molecule has 1 aromatic carbocycles. The van der Waals surface area contributed by atoms with Gasteiger partial charge in [-0.1, -0.05) is 23.8 Å². The van der Waals surface area contributed by atoms with Gasteiger partial charge in [-0.2, -0.15) is 0 Å². The van der Waals surface area contributed by atoms with E-state index in [2.05, 4.69) is 4.72 Å². The first kappa shape index (κ1) is 17.3. The molecule has 0 radical (unpaired) electrons. The minimum Gasteiger partial charge on any atom is -0.258 e. The van der Waals surface area contributed by atoms with Crippen molar-refractivity contribution in [3.8, 4) is 0 Å². The molecular formula is C14H20N2O4S. The van der Waals surface area contributed by atoms with Gasteiger partial charge in [0, 0.05) is 12.1 Å². The molecule has 1 atom stereocenters. The predicted octanol–water partition coefficient (Wildman–Crippen LogP) is 3.01. The third kappa shape index (κ3) is 5.28. The second-order valence-corrected chi connectivity index (χ2v) is 6.79. The van der Waals surface area contributed by atoms with Gasteiger partial charge in [0.25, 0.3) is 5.69 Å². The molecule has 0 spiro atoms. The van der Waals surface area contributed by atoms with Gasteiger partial charge in [0.2, 0.25) is 10.0 Å². The summed E-state index contributed by atoms with van der Waals surface area (Å²) in [6.07, 6.45) is 3.41. The Kier molecular flexibility index (Phi) is 6.04. The molecule has 0 amide bonds. The van der Waals surface area contributed by atoms with E-state index in [9.17, 15) is 18.5 Å². The number of benzene rings is 1. The number of para-hydroxylation sites is 1. The first-order chi connectivity index (χ1) is 9.74. The Morgan fingerprint density at radius 2 is 2.00 bits per heavy atom. The van der Waals surface area contributed by atoms with Crippen molar-refractivity contribution in [2.75, 3.05) is 0 Å². The number of allylic oxidation sites excluding steroid dienone is 2. The van der Waals surface area contributed by atoms with Crippen LogP contribution in [0.3, 0.4) is 0 Å². The van der Waals surface area contributed by atoms with Gasteiger partial charge in [0.1, 0.15) is 0 Å². The molecule has 0 aliphatic rings. The molecule has 0 saturated heterocycles. The summed E-state index contributed by atoms with van der Waals surface area (Å²) in [6.45, 7) is 5.69. The Hall–Kier alpha value is -1.73. The molecule has 7 heteroatoms. The average Bonchev–Trinajstić information content (AvgIpc) is 2.37.